The van der Waals surface area contributed by atoms with Gasteiger partial charge in [-0.25, -0.2) is 0 Å². The van der Waals surface area contributed by atoms with E-state index in [9.17, 15) is 18.0 Å². The zero-order chi connectivity index (χ0) is 12.1. The van der Waals surface area contributed by atoms with Gasteiger partial charge in [0.2, 0.25) is 5.91 Å². The number of alkyl halides is 3. The van der Waals surface area contributed by atoms with Crippen LogP contribution in [0.4, 0.5) is 13.2 Å². The second-order valence-corrected chi connectivity index (χ2v) is 4.21. The molecule has 3 nitrogen and oxygen atoms in total. The highest BCUT2D eigenvalue weighted by Crippen LogP contribution is 2.21. The van der Waals surface area contributed by atoms with Crippen molar-refractivity contribution in [3.63, 3.8) is 0 Å². The lowest BCUT2D eigenvalue weighted by atomic mass is 9.95. The quantitative estimate of drug-likeness (QED) is 0.747. The summed E-state index contributed by atoms with van der Waals surface area (Å²) < 4.78 is 35.2. The lowest BCUT2D eigenvalue weighted by Gasteiger charge is -2.21. The first-order valence-electron chi connectivity index (χ1n) is 4.61. The number of carbonyl (C=O) groups excluding carboxylic acids is 1. The maximum atomic E-state index is 11.7. The van der Waals surface area contributed by atoms with Crippen molar-refractivity contribution >= 4 is 5.91 Å². The van der Waals surface area contributed by atoms with E-state index in [2.05, 4.69) is 5.32 Å². The lowest BCUT2D eigenvalue weighted by Crippen LogP contribution is -2.36. The highest BCUT2D eigenvalue weighted by atomic mass is 19.4. The van der Waals surface area contributed by atoms with Crippen LogP contribution in [0, 0.1) is 5.41 Å². The van der Waals surface area contributed by atoms with Crippen LogP contribution in [-0.2, 0) is 4.79 Å². The minimum atomic E-state index is -4.30. The predicted octanol–water partition coefficient (Wildman–Crippen LogP) is 1.46. The summed E-state index contributed by atoms with van der Waals surface area (Å²) in [4.78, 5) is 11.0. The average molecular weight is 227 g/mol. The molecule has 0 aromatic heterocycles. The Kier molecular flexibility index (Phi) is 5.07. The van der Waals surface area contributed by atoms with Crippen LogP contribution in [0.2, 0.25) is 0 Å². The van der Waals surface area contributed by atoms with E-state index in [1.54, 1.807) is 13.8 Å². The maximum Gasteiger partial charge on any atom is 0.389 e. The van der Waals surface area contributed by atoms with Crippen molar-refractivity contribution in [3.8, 4) is 0 Å². The van der Waals surface area contributed by atoms with Crippen LogP contribution in [0.15, 0.2) is 0 Å². The van der Waals surface area contributed by atoms with Crippen LogP contribution in [0.5, 0.6) is 0 Å². The summed E-state index contributed by atoms with van der Waals surface area (Å²) in [5, 5.41) is 11.2. The standard InChI is InChI=1S/C9H16F3NO2/c1-8(2,6-14)5-13-7(15)3-4-9(10,11)12/h14H,3-6H2,1-2H3,(H,13,15). The Labute approximate surface area is 86.7 Å². The van der Waals surface area contributed by atoms with Crippen molar-refractivity contribution in [1.82, 2.24) is 5.32 Å². The van der Waals surface area contributed by atoms with E-state index in [0.717, 1.165) is 0 Å². The van der Waals surface area contributed by atoms with Crippen molar-refractivity contribution in [2.75, 3.05) is 13.2 Å². The first-order valence-corrected chi connectivity index (χ1v) is 4.61. The lowest BCUT2D eigenvalue weighted by molar-refractivity contribution is -0.144. The molecular weight excluding hydrogens is 211 g/mol. The van der Waals surface area contributed by atoms with Crippen molar-refractivity contribution in [2.24, 2.45) is 5.41 Å². The molecule has 0 radical (unpaired) electrons. The van der Waals surface area contributed by atoms with Gasteiger partial charge < -0.3 is 10.4 Å². The van der Waals surface area contributed by atoms with Crippen molar-refractivity contribution < 1.29 is 23.1 Å². The van der Waals surface area contributed by atoms with Gasteiger partial charge in [-0.05, 0) is 0 Å². The normalized spacial score (nSPS) is 12.7. The van der Waals surface area contributed by atoms with Gasteiger partial charge in [0, 0.05) is 25.0 Å². The molecule has 90 valence electrons. The van der Waals surface area contributed by atoms with Crippen molar-refractivity contribution in [1.29, 1.82) is 0 Å². The molecule has 6 heteroatoms. The van der Waals surface area contributed by atoms with E-state index in [-0.39, 0.29) is 13.2 Å². The molecule has 0 spiro atoms. The zero-order valence-corrected chi connectivity index (χ0v) is 8.82. The number of hydrogen-bond acceptors (Lipinski definition) is 2. The molecule has 0 aliphatic carbocycles. The number of carbonyl (C=O) groups is 1. The van der Waals surface area contributed by atoms with Crippen molar-refractivity contribution in [2.45, 2.75) is 32.9 Å². The molecule has 15 heavy (non-hydrogen) atoms. The van der Waals surface area contributed by atoms with E-state index >= 15 is 0 Å². The van der Waals surface area contributed by atoms with Gasteiger partial charge >= 0.3 is 6.18 Å². The minimum Gasteiger partial charge on any atom is -0.396 e. The highest BCUT2D eigenvalue weighted by molar-refractivity contribution is 5.75. The van der Waals surface area contributed by atoms with Crippen molar-refractivity contribution in [3.05, 3.63) is 0 Å². The molecule has 1 amide bonds. The summed E-state index contributed by atoms with van der Waals surface area (Å²) in [5.74, 6) is -0.645. The molecule has 0 aromatic rings. The molecule has 0 aromatic carbocycles. The van der Waals surface area contributed by atoms with E-state index in [1.807, 2.05) is 0 Å². The summed E-state index contributed by atoms with van der Waals surface area (Å²) in [6.45, 7) is 3.45. The number of halogens is 3. The van der Waals surface area contributed by atoms with Crippen LogP contribution in [0.3, 0.4) is 0 Å². The second-order valence-electron chi connectivity index (χ2n) is 4.21. The molecule has 0 aliphatic rings. The first kappa shape index (κ1) is 14.2. The number of aliphatic hydroxyl groups is 1. The smallest absolute Gasteiger partial charge is 0.389 e. The topological polar surface area (TPSA) is 49.3 Å². The third-order valence-corrected chi connectivity index (χ3v) is 1.83. The molecular formula is C9H16F3NO2. The van der Waals surface area contributed by atoms with E-state index in [1.165, 1.54) is 0 Å². The van der Waals surface area contributed by atoms with Gasteiger partial charge in [-0.15, -0.1) is 0 Å². The molecule has 0 heterocycles. The number of hydrogen-bond donors (Lipinski definition) is 2. The summed E-state index contributed by atoms with van der Waals surface area (Å²) >= 11 is 0. The fraction of sp³-hybridized carbons (Fsp3) is 0.889. The Bertz CT molecular complexity index is 214. The summed E-state index contributed by atoms with van der Waals surface area (Å²) in [6, 6.07) is 0. The number of aliphatic hydroxyl groups excluding tert-OH is 1. The van der Waals surface area contributed by atoms with Gasteiger partial charge in [-0.3, -0.25) is 4.79 Å². The van der Waals surface area contributed by atoms with Gasteiger partial charge in [-0.1, -0.05) is 13.8 Å². The van der Waals surface area contributed by atoms with Gasteiger partial charge in [0.15, 0.2) is 0 Å². The zero-order valence-electron chi connectivity index (χ0n) is 8.82. The number of nitrogens with one attached hydrogen (secondary N) is 1. The Morgan fingerprint density at radius 2 is 1.87 bits per heavy atom. The fourth-order valence-electron chi connectivity index (χ4n) is 0.737. The maximum absolute atomic E-state index is 11.7. The molecule has 0 saturated carbocycles. The minimum absolute atomic E-state index is 0.132. The Hall–Kier alpha value is -0.780. The molecule has 0 atom stereocenters. The molecule has 2 N–H and O–H groups in total. The number of amides is 1. The van der Waals surface area contributed by atoms with Gasteiger partial charge in [-0.2, -0.15) is 13.2 Å². The van der Waals surface area contributed by atoms with Gasteiger partial charge in [0.25, 0.3) is 0 Å². The third-order valence-electron chi connectivity index (χ3n) is 1.83. The largest absolute Gasteiger partial charge is 0.396 e. The molecule has 0 unspecified atom stereocenters. The van der Waals surface area contributed by atoms with Gasteiger partial charge in [0.1, 0.15) is 0 Å². The summed E-state index contributed by atoms with van der Waals surface area (Å²) in [6.07, 6.45) is -5.98. The van der Waals surface area contributed by atoms with Crippen LogP contribution in [-0.4, -0.2) is 30.3 Å². The van der Waals surface area contributed by atoms with Crippen LogP contribution in [0.25, 0.3) is 0 Å². The van der Waals surface area contributed by atoms with Crippen LogP contribution < -0.4 is 5.32 Å². The Morgan fingerprint density at radius 3 is 2.27 bits per heavy atom. The Balaban J connectivity index is 3.77. The fourth-order valence-corrected chi connectivity index (χ4v) is 0.737. The molecule has 0 saturated heterocycles. The Morgan fingerprint density at radius 1 is 1.33 bits per heavy atom. The van der Waals surface area contributed by atoms with E-state index in [4.69, 9.17) is 5.11 Å². The molecule has 0 rings (SSSR count). The third kappa shape index (κ3) is 8.23. The molecule has 0 fully saturated rings. The first-order chi connectivity index (χ1) is 6.66. The monoisotopic (exact) mass is 227 g/mol. The second kappa shape index (κ2) is 5.34. The van der Waals surface area contributed by atoms with Crippen LogP contribution in [0.1, 0.15) is 26.7 Å². The van der Waals surface area contributed by atoms with E-state index < -0.39 is 30.3 Å². The van der Waals surface area contributed by atoms with Gasteiger partial charge in [0.05, 0.1) is 6.42 Å². The SMILES string of the molecule is CC(C)(CO)CNC(=O)CCC(F)(F)F. The average Bonchev–Trinajstić information content (AvgIpc) is 2.10. The molecule has 0 bridgehead atoms. The van der Waals surface area contributed by atoms with Crippen LogP contribution >= 0.6 is 0 Å². The summed E-state index contributed by atoms with van der Waals surface area (Å²) in [7, 11) is 0. The number of rotatable bonds is 5. The molecule has 0 aliphatic heterocycles. The highest BCUT2D eigenvalue weighted by Gasteiger charge is 2.28. The predicted molar refractivity (Wildman–Crippen MR) is 49.2 cm³/mol. The summed E-state index contributed by atoms with van der Waals surface area (Å²) in [5.41, 5.74) is -0.506. The van der Waals surface area contributed by atoms with E-state index in [0.29, 0.717) is 0 Å².